The van der Waals surface area contributed by atoms with Crippen LogP contribution in [0.15, 0.2) is 18.2 Å². The van der Waals surface area contributed by atoms with Gasteiger partial charge in [-0.2, -0.15) is 0 Å². The maximum Gasteiger partial charge on any atom is 0.243 e. The summed E-state index contributed by atoms with van der Waals surface area (Å²) >= 11 is 5.10. The number of rotatable bonds is 7. The third-order valence-corrected chi connectivity index (χ3v) is 3.94. The Morgan fingerprint density at radius 2 is 1.96 bits per heavy atom. The number of morpholine rings is 1. The van der Waals surface area contributed by atoms with Gasteiger partial charge in [-0.25, -0.2) is 8.78 Å². The number of benzene rings is 1. The fraction of sp³-hybridized carbons (Fsp3) is 0.500. The largest absolute Gasteiger partial charge is 0.379 e. The van der Waals surface area contributed by atoms with Gasteiger partial charge in [0.15, 0.2) is 16.7 Å². The number of carbonyl (C=O) groups is 1. The van der Waals surface area contributed by atoms with Crippen LogP contribution in [0, 0.1) is 11.6 Å². The number of hydrogen-bond donors (Lipinski definition) is 3. The minimum Gasteiger partial charge on any atom is -0.379 e. The number of anilines is 1. The number of ether oxygens (including phenoxy) is 1. The predicted molar refractivity (Wildman–Crippen MR) is 95.5 cm³/mol. The lowest BCUT2D eigenvalue weighted by Crippen LogP contribution is -2.41. The summed E-state index contributed by atoms with van der Waals surface area (Å²) < 4.78 is 31.2. The van der Waals surface area contributed by atoms with E-state index >= 15 is 0 Å². The molecule has 138 valence electrons. The first-order valence-corrected chi connectivity index (χ1v) is 8.52. The molecule has 9 heteroatoms. The summed E-state index contributed by atoms with van der Waals surface area (Å²) in [4.78, 5) is 14.1. The lowest BCUT2D eigenvalue weighted by molar-refractivity contribution is -0.115. The van der Waals surface area contributed by atoms with E-state index < -0.39 is 17.5 Å². The zero-order valence-electron chi connectivity index (χ0n) is 13.8. The summed E-state index contributed by atoms with van der Waals surface area (Å²) in [5.74, 6) is -2.37. The molecule has 0 saturated carbocycles. The van der Waals surface area contributed by atoms with E-state index in [2.05, 4.69) is 20.9 Å². The minimum absolute atomic E-state index is 0.0612. The standard InChI is InChI=1S/C16H22F2N4O2S/c17-13-3-2-12(10-14(13)18)21-15(23)11-20-16(25)19-4-1-5-22-6-8-24-9-7-22/h2-3,10H,1,4-9,11H2,(H,21,23)(H2,19,20,25). The monoisotopic (exact) mass is 372 g/mol. The van der Waals surface area contributed by atoms with Crippen molar-refractivity contribution in [2.45, 2.75) is 6.42 Å². The molecule has 1 fully saturated rings. The van der Waals surface area contributed by atoms with Crippen LogP contribution >= 0.6 is 12.2 Å². The number of thiocarbonyl (C=S) groups is 1. The second kappa shape index (κ2) is 10.2. The van der Waals surface area contributed by atoms with Gasteiger partial charge in [-0.1, -0.05) is 0 Å². The third-order valence-electron chi connectivity index (χ3n) is 3.65. The summed E-state index contributed by atoms with van der Waals surface area (Å²) in [6.45, 7) is 5.07. The van der Waals surface area contributed by atoms with Crippen LogP contribution in [0.3, 0.4) is 0 Å². The van der Waals surface area contributed by atoms with E-state index in [1.54, 1.807) is 0 Å². The minimum atomic E-state index is -1.01. The molecule has 1 saturated heterocycles. The highest BCUT2D eigenvalue weighted by Gasteiger charge is 2.09. The first kappa shape index (κ1) is 19.5. The van der Waals surface area contributed by atoms with E-state index in [-0.39, 0.29) is 12.2 Å². The highest BCUT2D eigenvalue weighted by atomic mass is 32.1. The smallest absolute Gasteiger partial charge is 0.243 e. The van der Waals surface area contributed by atoms with Crippen LogP contribution in [0.4, 0.5) is 14.5 Å². The molecule has 1 amide bonds. The van der Waals surface area contributed by atoms with Gasteiger partial charge in [0.25, 0.3) is 0 Å². The zero-order chi connectivity index (χ0) is 18.1. The van der Waals surface area contributed by atoms with Gasteiger partial charge < -0.3 is 20.7 Å². The summed E-state index contributed by atoms with van der Waals surface area (Å²) in [6.07, 6.45) is 0.933. The molecule has 0 atom stereocenters. The molecule has 1 aliphatic rings. The van der Waals surface area contributed by atoms with Gasteiger partial charge in [0.05, 0.1) is 19.8 Å². The number of amides is 1. The lowest BCUT2D eigenvalue weighted by Gasteiger charge is -2.26. The number of nitrogens with one attached hydrogen (secondary N) is 3. The summed E-state index contributed by atoms with van der Waals surface area (Å²) in [5.41, 5.74) is 0.190. The Bertz CT molecular complexity index is 597. The van der Waals surface area contributed by atoms with E-state index in [0.717, 1.165) is 51.4 Å². The van der Waals surface area contributed by atoms with Gasteiger partial charge >= 0.3 is 0 Å². The topological polar surface area (TPSA) is 65.6 Å². The van der Waals surface area contributed by atoms with Crippen molar-refractivity contribution in [3.63, 3.8) is 0 Å². The maximum atomic E-state index is 13.1. The Labute approximate surface area is 150 Å². The van der Waals surface area contributed by atoms with Crippen LogP contribution in [0.5, 0.6) is 0 Å². The summed E-state index contributed by atoms with van der Waals surface area (Å²) in [7, 11) is 0. The second-order valence-electron chi connectivity index (χ2n) is 5.59. The quantitative estimate of drug-likeness (QED) is 0.492. The normalized spacial score (nSPS) is 14.8. The van der Waals surface area contributed by atoms with Crippen molar-refractivity contribution >= 4 is 28.9 Å². The third kappa shape index (κ3) is 7.29. The van der Waals surface area contributed by atoms with Crippen molar-refractivity contribution in [1.29, 1.82) is 0 Å². The Morgan fingerprint density at radius 3 is 2.68 bits per heavy atom. The molecule has 1 aromatic rings. The fourth-order valence-electron chi connectivity index (χ4n) is 2.33. The van der Waals surface area contributed by atoms with Crippen LogP contribution in [0.1, 0.15) is 6.42 Å². The fourth-order valence-corrected chi connectivity index (χ4v) is 2.51. The Balaban J connectivity index is 1.57. The van der Waals surface area contributed by atoms with Crippen molar-refractivity contribution in [2.24, 2.45) is 0 Å². The van der Waals surface area contributed by atoms with E-state index in [9.17, 15) is 13.6 Å². The van der Waals surface area contributed by atoms with Crippen molar-refractivity contribution in [3.8, 4) is 0 Å². The SMILES string of the molecule is O=C(CNC(=S)NCCCN1CCOCC1)Nc1ccc(F)c(F)c1. The van der Waals surface area contributed by atoms with E-state index in [1.807, 2.05) is 0 Å². The molecule has 2 rings (SSSR count). The number of hydrogen-bond acceptors (Lipinski definition) is 4. The highest BCUT2D eigenvalue weighted by Crippen LogP contribution is 2.12. The van der Waals surface area contributed by atoms with E-state index in [4.69, 9.17) is 17.0 Å². The molecule has 25 heavy (non-hydrogen) atoms. The van der Waals surface area contributed by atoms with Gasteiger partial charge in [0, 0.05) is 31.4 Å². The van der Waals surface area contributed by atoms with E-state index in [0.29, 0.717) is 11.7 Å². The molecule has 0 spiro atoms. The maximum absolute atomic E-state index is 13.1. The van der Waals surface area contributed by atoms with Gasteiger partial charge in [-0.05, 0) is 37.3 Å². The summed E-state index contributed by atoms with van der Waals surface area (Å²) in [5, 5.41) is 8.64. The van der Waals surface area contributed by atoms with Crippen molar-refractivity contribution in [2.75, 3.05) is 51.3 Å². The van der Waals surface area contributed by atoms with Gasteiger partial charge in [0.1, 0.15) is 0 Å². The molecule has 1 heterocycles. The van der Waals surface area contributed by atoms with Crippen molar-refractivity contribution < 1.29 is 18.3 Å². The Hall–Kier alpha value is -1.84. The molecule has 0 bridgehead atoms. The average molecular weight is 372 g/mol. The van der Waals surface area contributed by atoms with Crippen LogP contribution in [-0.4, -0.2) is 61.9 Å². The molecule has 0 aromatic heterocycles. The van der Waals surface area contributed by atoms with Gasteiger partial charge in [-0.3, -0.25) is 9.69 Å². The first-order valence-electron chi connectivity index (χ1n) is 8.11. The lowest BCUT2D eigenvalue weighted by atomic mass is 10.3. The first-order chi connectivity index (χ1) is 12.0. The Kier molecular flexibility index (Phi) is 7.96. The van der Waals surface area contributed by atoms with Gasteiger partial charge in [0.2, 0.25) is 5.91 Å². The summed E-state index contributed by atoms with van der Waals surface area (Å²) in [6, 6.07) is 3.17. The zero-order valence-corrected chi connectivity index (χ0v) is 14.6. The molecular weight excluding hydrogens is 350 g/mol. The van der Waals surface area contributed by atoms with E-state index in [1.165, 1.54) is 6.07 Å². The number of nitrogens with zero attached hydrogens (tertiary/aromatic N) is 1. The number of halogens is 2. The molecule has 3 N–H and O–H groups in total. The van der Waals surface area contributed by atoms with Crippen LogP contribution in [0.25, 0.3) is 0 Å². The predicted octanol–water partition coefficient (Wildman–Crippen LogP) is 1.09. The molecule has 0 aliphatic carbocycles. The molecular formula is C16H22F2N4O2S. The molecule has 0 radical (unpaired) electrons. The highest BCUT2D eigenvalue weighted by molar-refractivity contribution is 7.80. The average Bonchev–Trinajstić information content (AvgIpc) is 2.61. The van der Waals surface area contributed by atoms with Crippen molar-refractivity contribution in [1.82, 2.24) is 15.5 Å². The molecule has 0 unspecified atom stereocenters. The van der Waals surface area contributed by atoms with Crippen LogP contribution in [0.2, 0.25) is 0 Å². The van der Waals surface area contributed by atoms with Crippen LogP contribution in [-0.2, 0) is 9.53 Å². The van der Waals surface area contributed by atoms with Gasteiger partial charge in [-0.15, -0.1) is 0 Å². The molecule has 1 aliphatic heterocycles. The molecule has 1 aromatic carbocycles. The molecule has 6 nitrogen and oxygen atoms in total. The van der Waals surface area contributed by atoms with Crippen molar-refractivity contribution in [3.05, 3.63) is 29.8 Å². The Morgan fingerprint density at radius 1 is 1.20 bits per heavy atom. The van der Waals surface area contributed by atoms with Crippen LogP contribution < -0.4 is 16.0 Å². The second-order valence-corrected chi connectivity index (χ2v) is 6.00. The number of carbonyl (C=O) groups excluding carboxylic acids is 1.